The number of halogens is 3. The average molecular weight is 335 g/mol. The van der Waals surface area contributed by atoms with Crippen LogP contribution in [-0.4, -0.2) is 39.4 Å². The van der Waals surface area contributed by atoms with E-state index in [1.54, 1.807) is 5.32 Å². The Morgan fingerprint density at radius 3 is 2.22 bits per heavy atom. The lowest BCUT2D eigenvalue weighted by atomic mass is 10.0. The molecule has 0 fully saturated rings. The van der Waals surface area contributed by atoms with E-state index in [0.717, 1.165) is 7.11 Å². The minimum Gasteiger partial charge on any atom is -0.493 e. The Morgan fingerprint density at radius 2 is 1.74 bits per heavy atom. The number of alkyl halides is 3. The first kappa shape index (κ1) is 18.6. The Kier molecular flexibility index (Phi) is 6.23. The van der Waals surface area contributed by atoms with E-state index >= 15 is 0 Å². The van der Waals surface area contributed by atoms with E-state index in [-0.39, 0.29) is 11.3 Å². The Morgan fingerprint density at radius 1 is 1.13 bits per heavy atom. The molecule has 1 aromatic rings. The normalized spacial score (nSPS) is 12.3. The van der Waals surface area contributed by atoms with Gasteiger partial charge in [-0.2, -0.15) is 13.2 Å². The van der Waals surface area contributed by atoms with Gasteiger partial charge in [-0.3, -0.25) is 9.59 Å². The van der Waals surface area contributed by atoms with Crippen molar-refractivity contribution in [3.8, 4) is 11.5 Å². The van der Waals surface area contributed by atoms with Crippen molar-refractivity contribution < 1.29 is 37.0 Å². The van der Waals surface area contributed by atoms with Gasteiger partial charge in [0.25, 0.3) is 0 Å². The summed E-state index contributed by atoms with van der Waals surface area (Å²) < 4.78 is 51.8. The van der Waals surface area contributed by atoms with Crippen LogP contribution < -0.4 is 14.8 Å². The summed E-state index contributed by atoms with van der Waals surface area (Å²) in [5.74, 6) is -2.32. The van der Waals surface area contributed by atoms with E-state index < -0.39 is 30.5 Å². The van der Waals surface area contributed by atoms with E-state index in [2.05, 4.69) is 4.74 Å². The minimum atomic E-state index is -5.06. The molecule has 23 heavy (non-hydrogen) atoms. The summed E-state index contributed by atoms with van der Waals surface area (Å²) in [4.78, 5) is 22.5. The lowest BCUT2D eigenvalue weighted by Gasteiger charge is -2.20. The van der Waals surface area contributed by atoms with Gasteiger partial charge in [0.1, 0.15) is 0 Å². The highest BCUT2D eigenvalue weighted by Gasteiger charge is 2.40. The third-order valence-corrected chi connectivity index (χ3v) is 2.97. The van der Waals surface area contributed by atoms with Crippen LogP contribution in [0.2, 0.25) is 0 Å². The third-order valence-electron chi connectivity index (χ3n) is 2.97. The highest BCUT2D eigenvalue weighted by atomic mass is 19.4. The zero-order valence-corrected chi connectivity index (χ0v) is 12.7. The van der Waals surface area contributed by atoms with E-state index in [9.17, 15) is 22.8 Å². The number of methoxy groups -OCH3 is 3. The van der Waals surface area contributed by atoms with Crippen LogP contribution in [0, 0.1) is 0 Å². The Hall–Kier alpha value is -2.45. The summed E-state index contributed by atoms with van der Waals surface area (Å²) in [6.07, 6.45) is -5.53. The van der Waals surface area contributed by atoms with Crippen LogP contribution in [0.15, 0.2) is 18.2 Å². The van der Waals surface area contributed by atoms with Gasteiger partial charge in [0.15, 0.2) is 11.5 Å². The first-order chi connectivity index (χ1) is 10.7. The van der Waals surface area contributed by atoms with Crippen molar-refractivity contribution in [2.45, 2.75) is 18.6 Å². The first-order valence-electron chi connectivity index (χ1n) is 6.39. The summed E-state index contributed by atoms with van der Waals surface area (Å²) in [7, 11) is 3.85. The molecule has 1 aromatic carbocycles. The van der Waals surface area contributed by atoms with Gasteiger partial charge in [0, 0.05) is 0 Å². The number of carbonyl (C=O) groups is 2. The molecule has 0 saturated carbocycles. The maximum atomic E-state index is 12.4. The quantitative estimate of drug-likeness (QED) is 0.805. The fourth-order valence-electron chi connectivity index (χ4n) is 1.81. The molecule has 0 bridgehead atoms. The summed E-state index contributed by atoms with van der Waals surface area (Å²) >= 11 is 0. The van der Waals surface area contributed by atoms with Crippen LogP contribution in [0.1, 0.15) is 18.0 Å². The molecule has 1 unspecified atom stereocenters. The van der Waals surface area contributed by atoms with Crippen LogP contribution in [0.5, 0.6) is 11.5 Å². The molecule has 0 aliphatic carbocycles. The highest BCUT2D eigenvalue weighted by Crippen LogP contribution is 2.31. The molecule has 0 radical (unpaired) electrons. The number of nitrogens with one attached hydrogen (secondary N) is 1. The maximum Gasteiger partial charge on any atom is 0.471 e. The van der Waals surface area contributed by atoms with Crippen LogP contribution in [-0.2, 0) is 14.3 Å². The maximum absolute atomic E-state index is 12.4. The molecule has 1 N–H and O–H groups in total. The number of carbonyl (C=O) groups excluding carboxylic acids is 2. The highest BCUT2D eigenvalue weighted by molar-refractivity contribution is 5.83. The van der Waals surface area contributed by atoms with Gasteiger partial charge in [-0.05, 0) is 17.7 Å². The Bertz CT molecular complexity index is 574. The number of hydrogen-bond donors (Lipinski definition) is 1. The van der Waals surface area contributed by atoms with E-state index in [0.29, 0.717) is 5.75 Å². The van der Waals surface area contributed by atoms with Crippen molar-refractivity contribution >= 4 is 11.9 Å². The summed E-state index contributed by atoms with van der Waals surface area (Å²) in [5, 5.41) is 1.77. The molecule has 6 nitrogen and oxygen atoms in total. The lowest BCUT2D eigenvalue weighted by Crippen LogP contribution is -2.40. The second kappa shape index (κ2) is 7.70. The molecule has 0 heterocycles. The summed E-state index contributed by atoms with van der Waals surface area (Å²) in [5.41, 5.74) is 0.241. The van der Waals surface area contributed by atoms with Gasteiger partial charge in [0.2, 0.25) is 0 Å². The third kappa shape index (κ3) is 5.04. The molecule has 0 spiro atoms. The molecular formula is C14H16F3NO5. The van der Waals surface area contributed by atoms with Gasteiger partial charge in [-0.25, -0.2) is 0 Å². The molecule has 0 aromatic heterocycles. The Labute approximate surface area is 130 Å². The molecule has 0 saturated heterocycles. The van der Waals surface area contributed by atoms with Crippen molar-refractivity contribution in [2.24, 2.45) is 0 Å². The molecule has 1 rings (SSSR count). The second-order valence-electron chi connectivity index (χ2n) is 4.42. The molecule has 1 amide bonds. The number of amides is 1. The monoisotopic (exact) mass is 335 g/mol. The van der Waals surface area contributed by atoms with Crippen LogP contribution >= 0.6 is 0 Å². The first-order valence-corrected chi connectivity index (χ1v) is 6.39. The van der Waals surface area contributed by atoms with Crippen molar-refractivity contribution in [3.63, 3.8) is 0 Å². The standard InChI is InChI=1S/C14H16F3NO5/c1-21-10-5-4-8(6-11(10)22-2)9(7-12(19)23-3)18-13(20)14(15,16)17/h4-6,9H,7H2,1-3H3,(H,18,20). The molecule has 9 heteroatoms. The summed E-state index contributed by atoms with van der Waals surface area (Å²) in [6, 6.07) is 3.03. The molecular weight excluding hydrogens is 319 g/mol. The SMILES string of the molecule is COC(=O)CC(NC(=O)C(F)(F)F)c1ccc(OC)c(OC)c1. The van der Waals surface area contributed by atoms with Crippen molar-refractivity contribution in [1.82, 2.24) is 5.32 Å². The van der Waals surface area contributed by atoms with Crippen molar-refractivity contribution in [1.29, 1.82) is 0 Å². The predicted octanol–water partition coefficient (Wildman–Crippen LogP) is 1.99. The largest absolute Gasteiger partial charge is 0.493 e. The van der Waals surface area contributed by atoms with E-state index in [1.165, 1.54) is 32.4 Å². The van der Waals surface area contributed by atoms with Crippen LogP contribution in [0.3, 0.4) is 0 Å². The van der Waals surface area contributed by atoms with Gasteiger partial charge in [-0.1, -0.05) is 6.07 Å². The topological polar surface area (TPSA) is 73.9 Å². The van der Waals surface area contributed by atoms with E-state index in [4.69, 9.17) is 9.47 Å². The van der Waals surface area contributed by atoms with Gasteiger partial charge < -0.3 is 19.5 Å². The number of hydrogen-bond acceptors (Lipinski definition) is 5. The number of ether oxygens (including phenoxy) is 3. The fourth-order valence-corrected chi connectivity index (χ4v) is 1.81. The van der Waals surface area contributed by atoms with Crippen LogP contribution in [0.25, 0.3) is 0 Å². The van der Waals surface area contributed by atoms with E-state index in [1.807, 2.05) is 0 Å². The molecule has 1 atom stereocenters. The van der Waals surface area contributed by atoms with Crippen molar-refractivity contribution in [3.05, 3.63) is 23.8 Å². The van der Waals surface area contributed by atoms with Crippen LogP contribution in [0.4, 0.5) is 13.2 Å². The number of benzene rings is 1. The average Bonchev–Trinajstić information content (AvgIpc) is 2.52. The second-order valence-corrected chi connectivity index (χ2v) is 4.42. The molecule has 0 aliphatic heterocycles. The zero-order chi connectivity index (χ0) is 17.6. The Balaban J connectivity index is 3.13. The van der Waals surface area contributed by atoms with Crippen molar-refractivity contribution in [2.75, 3.05) is 21.3 Å². The molecule has 0 aliphatic rings. The fraction of sp³-hybridized carbons (Fsp3) is 0.429. The lowest BCUT2D eigenvalue weighted by molar-refractivity contribution is -0.174. The minimum absolute atomic E-state index is 0.241. The number of rotatable bonds is 6. The summed E-state index contributed by atoms with van der Waals surface area (Å²) in [6.45, 7) is 0. The van der Waals surface area contributed by atoms with Gasteiger partial charge in [0.05, 0.1) is 33.8 Å². The van der Waals surface area contributed by atoms with Gasteiger partial charge >= 0.3 is 18.1 Å². The predicted molar refractivity (Wildman–Crippen MR) is 73.1 cm³/mol. The zero-order valence-electron chi connectivity index (χ0n) is 12.7. The molecule has 128 valence electrons. The smallest absolute Gasteiger partial charge is 0.471 e. The van der Waals surface area contributed by atoms with Gasteiger partial charge in [-0.15, -0.1) is 0 Å². The number of esters is 1.